The molecule has 0 saturated carbocycles. The van der Waals surface area contributed by atoms with Gasteiger partial charge < -0.3 is 10.3 Å². The van der Waals surface area contributed by atoms with Gasteiger partial charge in [0.15, 0.2) is 0 Å². The molecule has 0 bridgehead atoms. The quantitative estimate of drug-likeness (QED) is 0.842. The number of fused-ring (bicyclic) bond motifs is 1. The van der Waals surface area contributed by atoms with Gasteiger partial charge >= 0.3 is 0 Å². The molecule has 0 aliphatic heterocycles. The van der Waals surface area contributed by atoms with Gasteiger partial charge in [0.05, 0.1) is 10.4 Å². The van der Waals surface area contributed by atoms with E-state index in [0.717, 1.165) is 24.0 Å². The predicted molar refractivity (Wildman–Crippen MR) is 61.2 cm³/mol. The smallest absolute Gasteiger partial charge is 0.224 e. The second-order valence-electron chi connectivity index (χ2n) is 3.19. The average Bonchev–Trinajstić information content (AvgIpc) is 2.52. The zero-order chi connectivity index (χ0) is 10.8. The van der Waals surface area contributed by atoms with Gasteiger partial charge in [0, 0.05) is 18.9 Å². The Balaban J connectivity index is 2.49. The van der Waals surface area contributed by atoms with Gasteiger partial charge in [-0.3, -0.25) is 0 Å². The Morgan fingerprint density at radius 1 is 1.40 bits per heavy atom. The van der Waals surface area contributed by atoms with Crippen LogP contribution in [-0.4, -0.2) is 21.1 Å². The highest BCUT2D eigenvalue weighted by Gasteiger charge is 2.08. The summed E-state index contributed by atoms with van der Waals surface area (Å²) in [5.74, 6) is 0. The van der Waals surface area contributed by atoms with Crippen LogP contribution in [0.3, 0.4) is 0 Å². The molecular formula is C9H10Cl2N4. The lowest BCUT2D eigenvalue weighted by atomic mass is 10.4. The Labute approximate surface area is 97.0 Å². The molecule has 2 aromatic rings. The third kappa shape index (κ3) is 2.07. The Hall–Kier alpha value is -0.840. The highest BCUT2D eigenvalue weighted by molar-refractivity contribution is 6.35. The van der Waals surface area contributed by atoms with E-state index >= 15 is 0 Å². The summed E-state index contributed by atoms with van der Waals surface area (Å²) in [5, 5.41) is 1.68. The third-order valence-electron chi connectivity index (χ3n) is 2.14. The first kappa shape index (κ1) is 10.7. The van der Waals surface area contributed by atoms with Crippen LogP contribution in [0, 0.1) is 0 Å². The molecule has 0 radical (unpaired) electrons. The van der Waals surface area contributed by atoms with Crippen LogP contribution in [0.1, 0.15) is 6.42 Å². The summed E-state index contributed by atoms with van der Waals surface area (Å²) in [6.45, 7) is 1.42. The fraction of sp³-hybridized carbons (Fsp3) is 0.333. The van der Waals surface area contributed by atoms with Crippen molar-refractivity contribution in [2.75, 3.05) is 6.54 Å². The van der Waals surface area contributed by atoms with Crippen molar-refractivity contribution in [2.24, 2.45) is 5.73 Å². The Morgan fingerprint density at radius 2 is 2.20 bits per heavy atom. The van der Waals surface area contributed by atoms with Crippen LogP contribution in [0.5, 0.6) is 0 Å². The molecular weight excluding hydrogens is 235 g/mol. The maximum atomic E-state index is 6.03. The normalized spacial score (nSPS) is 11.1. The molecule has 0 unspecified atom stereocenters. The van der Waals surface area contributed by atoms with E-state index < -0.39 is 0 Å². The Morgan fingerprint density at radius 3 is 2.93 bits per heavy atom. The molecule has 0 atom stereocenters. The SMILES string of the molecule is NCCCn1cc(Cl)c2cnc(Cl)nc21. The zero-order valence-electron chi connectivity index (χ0n) is 7.95. The van der Waals surface area contributed by atoms with Crippen molar-refractivity contribution < 1.29 is 0 Å². The molecule has 2 aromatic heterocycles. The van der Waals surface area contributed by atoms with Gasteiger partial charge in [-0.1, -0.05) is 11.6 Å². The van der Waals surface area contributed by atoms with Crippen molar-refractivity contribution in [3.8, 4) is 0 Å². The van der Waals surface area contributed by atoms with E-state index in [1.807, 2.05) is 10.8 Å². The molecule has 2 heterocycles. The van der Waals surface area contributed by atoms with Gasteiger partial charge in [-0.2, -0.15) is 4.98 Å². The molecule has 2 rings (SSSR count). The standard InChI is InChI=1S/C9H10Cl2N4/c10-7-5-15(3-1-2-12)8-6(7)4-13-9(11)14-8/h4-5H,1-3,12H2. The fourth-order valence-corrected chi connectivity index (χ4v) is 1.82. The van der Waals surface area contributed by atoms with Crippen molar-refractivity contribution >= 4 is 34.2 Å². The molecule has 0 spiro atoms. The Kier molecular flexibility index (Phi) is 3.09. The Bertz CT molecular complexity index is 480. The minimum Gasteiger partial charge on any atom is -0.331 e. The highest BCUT2D eigenvalue weighted by Crippen LogP contribution is 2.24. The zero-order valence-corrected chi connectivity index (χ0v) is 9.46. The molecule has 0 fully saturated rings. The first-order valence-electron chi connectivity index (χ1n) is 4.59. The van der Waals surface area contributed by atoms with Crippen LogP contribution in [0.15, 0.2) is 12.4 Å². The van der Waals surface area contributed by atoms with Gasteiger partial charge in [0.25, 0.3) is 0 Å². The van der Waals surface area contributed by atoms with Gasteiger partial charge in [0.2, 0.25) is 5.28 Å². The molecule has 6 heteroatoms. The van der Waals surface area contributed by atoms with Gasteiger partial charge in [-0.25, -0.2) is 4.98 Å². The number of nitrogens with two attached hydrogens (primary N) is 1. The molecule has 0 aliphatic carbocycles. The topological polar surface area (TPSA) is 56.7 Å². The second-order valence-corrected chi connectivity index (χ2v) is 3.93. The highest BCUT2D eigenvalue weighted by atomic mass is 35.5. The van der Waals surface area contributed by atoms with E-state index in [0.29, 0.717) is 11.6 Å². The summed E-state index contributed by atoms with van der Waals surface area (Å²) in [6, 6.07) is 0. The number of hydrogen-bond donors (Lipinski definition) is 1. The maximum absolute atomic E-state index is 6.03. The van der Waals surface area contributed by atoms with Gasteiger partial charge in [0.1, 0.15) is 5.65 Å². The first-order valence-corrected chi connectivity index (χ1v) is 5.35. The van der Waals surface area contributed by atoms with Gasteiger partial charge in [-0.15, -0.1) is 0 Å². The molecule has 0 aliphatic rings. The van der Waals surface area contributed by atoms with E-state index in [2.05, 4.69) is 9.97 Å². The van der Waals surface area contributed by atoms with E-state index in [1.165, 1.54) is 0 Å². The van der Waals surface area contributed by atoms with Crippen LogP contribution in [0.25, 0.3) is 11.0 Å². The monoisotopic (exact) mass is 244 g/mol. The van der Waals surface area contributed by atoms with Crippen molar-refractivity contribution in [3.05, 3.63) is 22.7 Å². The number of aromatic nitrogens is 3. The van der Waals surface area contributed by atoms with E-state index in [9.17, 15) is 0 Å². The molecule has 15 heavy (non-hydrogen) atoms. The van der Waals surface area contributed by atoms with Crippen LogP contribution in [0.2, 0.25) is 10.3 Å². The minimum absolute atomic E-state index is 0.228. The molecule has 4 nitrogen and oxygen atoms in total. The fourth-order valence-electron chi connectivity index (χ4n) is 1.44. The molecule has 2 N–H and O–H groups in total. The molecule has 80 valence electrons. The molecule has 0 amide bonds. The lowest BCUT2D eigenvalue weighted by molar-refractivity contribution is 0.666. The van der Waals surface area contributed by atoms with Crippen molar-refractivity contribution in [1.29, 1.82) is 0 Å². The van der Waals surface area contributed by atoms with Crippen molar-refractivity contribution in [1.82, 2.24) is 14.5 Å². The van der Waals surface area contributed by atoms with Crippen molar-refractivity contribution in [3.63, 3.8) is 0 Å². The van der Waals surface area contributed by atoms with Crippen molar-refractivity contribution in [2.45, 2.75) is 13.0 Å². The van der Waals surface area contributed by atoms with Crippen LogP contribution in [-0.2, 0) is 6.54 Å². The summed E-state index contributed by atoms with van der Waals surface area (Å²) in [7, 11) is 0. The lowest BCUT2D eigenvalue weighted by Crippen LogP contribution is -2.05. The van der Waals surface area contributed by atoms with E-state index in [-0.39, 0.29) is 5.28 Å². The summed E-state index contributed by atoms with van der Waals surface area (Å²) < 4.78 is 1.94. The number of aryl methyl sites for hydroxylation is 1. The summed E-state index contributed by atoms with van der Waals surface area (Å²) in [6.07, 6.45) is 4.33. The predicted octanol–water partition coefficient (Wildman–Crippen LogP) is 2.09. The second kappa shape index (κ2) is 4.35. The molecule has 0 aromatic carbocycles. The summed E-state index contributed by atoms with van der Waals surface area (Å²) in [4.78, 5) is 8.03. The average molecular weight is 245 g/mol. The van der Waals surface area contributed by atoms with Crippen LogP contribution >= 0.6 is 23.2 Å². The van der Waals surface area contributed by atoms with Crippen LogP contribution in [0.4, 0.5) is 0 Å². The molecule has 0 saturated heterocycles. The van der Waals surface area contributed by atoms with Crippen LogP contribution < -0.4 is 5.73 Å². The minimum atomic E-state index is 0.228. The first-order chi connectivity index (χ1) is 7.22. The number of hydrogen-bond acceptors (Lipinski definition) is 3. The number of halogens is 2. The largest absolute Gasteiger partial charge is 0.331 e. The lowest BCUT2D eigenvalue weighted by Gasteiger charge is -2.02. The third-order valence-corrected chi connectivity index (χ3v) is 2.62. The van der Waals surface area contributed by atoms with Gasteiger partial charge in [-0.05, 0) is 24.6 Å². The maximum Gasteiger partial charge on any atom is 0.224 e. The summed E-state index contributed by atoms with van der Waals surface area (Å²) in [5.41, 5.74) is 6.21. The summed E-state index contributed by atoms with van der Waals surface area (Å²) >= 11 is 11.8. The van der Waals surface area contributed by atoms with E-state index in [1.54, 1.807) is 6.20 Å². The number of rotatable bonds is 3. The number of nitrogens with zero attached hydrogens (tertiary/aromatic N) is 3. The van der Waals surface area contributed by atoms with E-state index in [4.69, 9.17) is 28.9 Å².